The zero-order valence-corrected chi connectivity index (χ0v) is 13.0. The van der Waals surface area contributed by atoms with Gasteiger partial charge in [0.1, 0.15) is 11.3 Å². The number of imidazole rings is 1. The predicted octanol–water partition coefficient (Wildman–Crippen LogP) is 1.39. The van der Waals surface area contributed by atoms with Gasteiger partial charge >= 0.3 is 11.7 Å². The average Bonchev–Trinajstić information content (AvgIpc) is 2.75. The molecule has 1 amide bonds. The van der Waals surface area contributed by atoms with E-state index < -0.39 is 5.69 Å². The third kappa shape index (κ3) is 2.68. The molecule has 0 aliphatic rings. The number of fused-ring (bicyclic) bond motifs is 1. The van der Waals surface area contributed by atoms with E-state index in [1.54, 1.807) is 20.3 Å². The van der Waals surface area contributed by atoms with Crippen LogP contribution in [0.1, 0.15) is 32.5 Å². The van der Waals surface area contributed by atoms with Gasteiger partial charge in [-0.1, -0.05) is 13.3 Å². The first-order valence-corrected chi connectivity index (χ1v) is 7.20. The molecule has 0 atom stereocenters. The number of hydrogen-bond acceptors (Lipinski definition) is 4. The van der Waals surface area contributed by atoms with Crippen LogP contribution >= 0.6 is 0 Å². The minimum atomic E-state index is -0.391. The fourth-order valence-electron chi connectivity index (χ4n) is 2.10. The van der Waals surface area contributed by atoms with Crippen LogP contribution in [0, 0.1) is 0 Å². The van der Waals surface area contributed by atoms with Gasteiger partial charge in [-0.3, -0.25) is 4.57 Å². The molecule has 7 heteroatoms. The summed E-state index contributed by atoms with van der Waals surface area (Å²) in [6.45, 7) is 4.48. The molecule has 0 saturated carbocycles. The summed E-state index contributed by atoms with van der Waals surface area (Å²) >= 11 is 0. The van der Waals surface area contributed by atoms with Gasteiger partial charge < -0.3 is 4.90 Å². The van der Waals surface area contributed by atoms with Crippen LogP contribution in [0.15, 0.2) is 11.0 Å². The highest BCUT2D eigenvalue weighted by atomic mass is 16.2. The Labute approximate surface area is 123 Å². The third-order valence-corrected chi connectivity index (χ3v) is 3.58. The first kappa shape index (κ1) is 15.2. The summed E-state index contributed by atoms with van der Waals surface area (Å²) in [6, 6.07) is -0.363. The van der Waals surface area contributed by atoms with Crippen LogP contribution in [-0.4, -0.2) is 43.6 Å². The number of amides is 1. The second-order valence-corrected chi connectivity index (χ2v) is 5.07. The van der Waals surface area contributed by atoms with Gasteiger partial charge in [0.05, 0.1) is 6.20 Å². The molecule has 114 valence electrons. The molecule has 7 nitrogen and oxygen atoms in total. The van der Waals surface area contributed by atoms with Crippen molar-refractivity contribution in [3.8, 4) is 0 Å². The molecule has 0 saturated heterocycles. The Kier molecular flexibility index (Phi) is 4.40. The zero-order chi connectivity index (χ0) is 15.6. The number of aryl methyl sites for hydroxylation is 2. The lowest BCUT2D eigenvalue weighted by Gasteiger charge is -2.14. The lowest BCUT2D eigenvalue weighted by molar-refractivity contribution is 0.212. The smallest absolute Gasteiger partial charge is 0.327 e. The first-order chi connectivity index (χ1) is 10.0. The predicted molar refractivity (Wildman–Crippen MR) is 80.5 cm³/mol. The molecular formula is C14H21N5O2. The van der Waals surface area contributed by atoms with Gasteiger partial charge in [0, 0.05) is 27.1 Å². The Morgan fingerprint density at radius 1 is 1.38 bits per heavy atom. The summed E-state index contributed by atoms with van der Waals surface area (Å²) in [7, 11) is 3.28. The molecule has 0 bridgehead atoms. The highest BCUT2D eigenvalue weighted by molar-refractivity contribution is 5.87. The van der Waals surface area contributed by atoms with E-state index in [2.05, 4.69) is 16.9 Å². The van der Waals surface area contributed by atoms with Crippen molar-refractivity contribution in [1.29, 1.82) is 0 Å². The second-order valence-electron chi connectivity index (χ2n) is 5.07. The standard InChI is InChI=1S/C14H21N5O2/c1-5-7-8-11-15-9-10-12(16-11)18(4)14(21)19(10)13(20)17(3)6-2/h9H,5-8H2,1-4H3. The molecule has 2 heterocycles. The van der Waals surface area contributed by atoms with E-state index in [0.29, 0.717) is 23.5 Å². The Balaban J connectivity index is 2.56. The maximum absolute atomic E-state index is 12.3. The van der Waals surface area contributed by atoms with E-state index in [0.717, 1.165) is 23.8 Å². The van der Waals surface area contributed by atoms with E-state index in [9.17, 15) is 9.59 Å². The van der Waals surface area contributed by atoms with Crippen molar-refractivity contribution in [3.05, 3.63) is 22.5 Å². The maximum atomic E-state index is 12.3. The zero-order valence-electron chi connectivity index (χ0n) is 13.0. The van der Waals surface area contributed by atoms with Crippen molar-refractivity contribution in [1.82, 2.24) is 24.0 Å². The summed E-state index contributed by atoms with van der Waals surface area (Å²) in [5, 5.41) is 0. The largest absolute Gasteiger partial charge is 0.338 e. The molecular weight excluding hydrogens is 270 g/mol. The van der Waals surface area contributed by atoms with Crippen LogP contribution in [0.4, 0.5) is 4.79 Å². The van der Waals surface area contributed by atoms with Crippen LogP contribution in [0.3, 0.4) is 0 Å². The second kappa shape index (κ2) is 6.07. The third-order valence-electron chi connectivity index (χ3n) is 3.58. The van der Waals surface area contributed by atoms with E-state index in [4.69, 9.17) is 0 Å². The molecule has 0 aliphatic carbocycles. The topological polar surface area (TPSA) is 73.0 Å². The SMILES string of the molecule is CCCCc1ncc2c(n1)n(C)c(=O)n2C(=O)N(C)CC. The number of carbonyl (C=O) groups is 1. The summed E-state index contributed by atoms with van der Waals surface area (Å²) in [5.74, 6) is 0.702. The van der Waals surface area contributed by atoms with Crippen molar-refractivity contribution in [3.63, 3.8) is 0 Å². The van der Waals surface area contributed by atoms with Crippen molar-refractivity contribution in [2.24, 2.45) is 7.05 Å². The maximum Gasteiger partial charge on any atom is 0.338 e. The molecule has 0 radical (unpaired) electrons. The molecule has 2 aromatic heterocycles. The van der Waals surface area contributed by atoms with Crippen LogP contribution in [-0.2, 0) is 13.5 Å². The highest BCUT2D eigenvalue weighted by Crippen LogP contribution is 2.11. The molecule has 2 aromatic rings. The molecule has 0 aromatic carbocycles. The molecule has 0 aliphatic heterocycles. The van der Waals surface area contributed by atoms with Gasteiger partial charge in [-0.15, -0.1) is 0 Å². The number of aromatic nitrogens is 4. The number of rotatable bonds is 4. The fourth-order valence-corrected chi connectivity index (χ4v) is 2.10. The van der Waals surface area contributed by atoms with Crippen LogP contribution in [0.2, 0.25) is 0 Å². The Hall–Kier alpha value is -2.18. The summed E-state index contributed by atoms with van der Waals surface area (Å²) in [5.41, 5.74) is 0.559. The Morgan fingerprint density at radius 2 is 2.10 bits per heavy atom. The number of carbonyl (C=O) groups excluding carboxylic acids is 1. The van der Waals surface area contributed by atoms with E-state index in [1.807, 2.05) is 6.92 Å². The fraction of sp³-hybridized carbons (Fsp3) is 0.571. The Bertz CT molecular complexity index is 716. The van der Waals surface area contributed by atoms with Gasteiger partial charge in [-0.05, 0) is 13.3 Å². The van der Waals surface area contributed by atoms with Gasteiger partial charge in [0.25, 0.3) is 0 Å². The lowest BCUT2D eigenvalue weighted by Crippen LogP contribution is -2.37. The highest BCUT2D eigenvalue weighted by Gasteiger charge is 2.20. The average molecular weight is 291 g/mol. The van der Waals surface area contributed by atoms with E-state index >= 15 is 0 Å². The molecule has 2 rings (SSSR count). The van der Waals surface area contributed by atoms with Crippen LogP contribution in [0.5, 0.6) is 0 Å². The quantitative estimate of drug-likeness (QED) is 0.853. The molecule has 0 unspecified atom stereocenters. The van der Waals surface area contributed by atoms with Crippen LogP contribution in [0.25, 0.3) is 11.2 Å². The van der Waals surface area contributed by atoms with Gasteiger partial charge in [-0.25, -0.2) is 24.1 Å². The lowest BCUT2D eigenvalue weighted by atomic mass is 10.2. The minimum absolute atomic E-state index is 0.363. The van der Waals surface area contributed by atoms with Crippen molar-refractivity contribution >= 4 is 17.2 Å². The normalized spacial score (nSPS) is 11.0. The molecule has 0 spiro atoms. The van der Waals surface area contributed by atoms with Crippen molar-refractivity contribution in [2.45, 2.75) is 33.1 Å². The Morgan fingerprint density at radius 3 is 2.71 bits per heavy atom. The van der Waals surface area contributed by atoms with Crippen molar-refractivity contribution < 1.29 is 4.79 Å². The van der Waals surface area contributed by atoms with Gasteiger partial charge in [-0.2, -0.15) is 0 Å². The summed E-state index contributed by atoms with van der Waals surface area (Å²) < 4.78 is 2.52. The van der Waals surface area contributed by atoms with Gasteiger partial charge in [0.15, 0.2) is 5.65 Å². The van der Waals surface area contributed by atoms with E-state index in [1.165, 1.54) is 9.47 Å². The van der Waals surface area contributed by atoms with E-state index in [-0.39, 0.29) is 6.03 Å². The van der Waals surface area contributed by atoms with Gasteiger partial charge in [0.2, 0.25) is 0 Å². The molecule has 21 heavy (non-hydrogen) atoms. The van der Waals surface area contributed by atoms with Crippen molar-refractivity contribution in [2.75, 3.05) is 13.6 Å². The summed E-state index contributed by atoms with van der Waals surface area (Å²) in [4.78, 5) is 34.8. The minimum Gasteiger partial charge on any atom is -0.327 e. The molecule has 0 N–H and O–H groups in total. The number of unbranched alkanes of at least 4 members (excludes halogenated alkanes) is 1. The monoisotopic (exact) mass is 291 g/mol. The van der Waals surface area contributed by atoms with Crippen LogP contribution < -0.4 is 5.69 Å². The number of nitrogens with zero attached hydrogens (tertiary/aromatic N) is 5. The first-order valence-electron chi connectivity index (χ1n) is 7.20. The molecule has 0 fully saturated rings. The summed E-state index contributed by atoms with van der Waals surface area (Å²) in [6.07, 6.45) is 4.39. The number of hydrogen-bond donors (Lipinski definition) is 0.